The van der Waals surface area contributed by atoms with E-state index in [1.165, 1.54) is 0 Å². The van der Waals surface area contributed by atoms with Gasteiger partial charge in [0.15, 0.2) is 0 Å². The van der Waals surface area contributed by atoms with Crippen molar-refractivity contribution in [3.8, 4) is 0 Å². The van der Waals surface area contributed by atoms with Crippen LogP contribution in [0.5, 0.6) is 0 Å². The number of nitrogens with zero attached hydrogens (tertiary/aromatic N) is 2. The standard InChI is InChI=1S/C13H16BrN3OS2/c1-20-13(12(15)19)4-6-17(7-5-13)11(18)10-3-2-9(14)8-16-10/h2-3,8H,4-7H2,1H3,(H2,15,19). The van der Waals surface area contributed by atoms with Gasteiger partial charge in [-0.05, 0) is 47.2 Å². The lowest BCUT2D eigenvalue weighted by Crippen LogP contribution is -2.50. The summed E-state index contributed by atoms with van der Waals surface area (Å²) >= 11 is 10.2. The van der Waals surface area contributed by atoms with E-state index in [4.69, 9.17) is 18.0 Å². The van der Waals surface area contributed by atoms with Gasteiger partial charge in [-0.1, -0.05) is 12.2 Å². The van der Waals surface area contributed by atoms with Crippen molar-refractivity contribution in [3.63, 3.8) is 0 Å². The number of hydrogen-bond acceptors (Lipinski definition) is 4. The predicted molar refractivity (Wildman–Crippen MR) is 90.1 cm³/mol. The van der Waals surface area contributed by atoms with Crippen LogP contribution in [0, 0.1) is 0 Å². The third kappa shape index (κ3) is 3.15. The summed E-state index contributed by atoms with van der Waals surface area (Å²) in [4.78, 5) is 18.9. The second-order valence-electron chi connectivity index (χ2n) is 4.72. The minimum atomic E-state index is -0.167. The van der Waals surface area contributed by atoms with E-state index in [1.54, 1.807) is 24.0 Å². The first-order valence-corrected chi connectivity index (χ1v) is 8.67. The number of halogens is 1. The fraction of sp³-hybridized carbons (Fsp3) is 0.462. The molecule has 1 aliphatic heterocycles. The molecule has 1 aromatic heterocycles. The Morgan fingerprint density at radius 3 is 2.60 bits per heavy atom. The van der Waals surface area contributed by atoms with Gasteiger partial charge in [-0.2, -0.15) is 11.8 Å². The first kappa shape index (κ1) is 15.7. The highest BCUT2D eigenvalue weighted by molar-refractivity contribution is 9.10. The summed E-state index contributed by atoms with van der Waals surface area (Å²) in [6.45, 7) is 1.32. The van der Waals surface area contributed by atoms with Crippen LogP contribution in [0.1, 0.15) is 23.3 Å². The average Bonchev–Trinajstić information content (AvgIpc) is 2.47. The summed E-state index contributed by atoms with van der Waals surface area (Å²) in [5.41, 5.74) is 6.32. The molecule has 0 bridgehead atoms. The molecule has 2 heterocycles. The van der Waals surface area contributed by atoms with Crippen LogP contribution in [-0.2, 0) is 0 Å². The van der Waals surface area contributed by atoms with Crippen LogP contribution in [-0.4, -0.2) is 44.9 Å². The average molecular weight is 374 g/mol. The number of amides is 1. The van der Waals surface area contributed by atoms with E-state index in [1.807, 2.05) is 17.2 Å². The van der Waals surface area contributed by atoms with Crippen molar-refractivity contribution in [2.75, 3.05) is 19.3 Å². The monoisotopic (exact) mass is 373 g/mol. The molecule has 2 rings (SSSR count). The van der Waals surface area contributed by atoms with Crippen LogP contribution in [0.4, 0.5) is 0 Å². The van der Waals surface area contributed by atoms with Gasteiger partial charge in [-0.25, -0.2) is 4.98 Å². The number of pyridine rings is 1. The Morgan fingerprint density at radius 1 is 1.50 bits per heavy atom. The lowest BCUT2D eigenvalue weighted by Gasteiger charge is -2.39. The molecule has 108 valence electrons. The number of likely N-dealkylation sites (tertiary alicyclic amines) is 1. The molecule has 1 amide bonds. The van der Waals surface area contributed by atoms with Crippen LogP contribution >= 0.6 is 39.9 Å². The highest BCUT2D eigenvalue weighted by atomic mass is 79.9. The molecule has 0 spiro atoms. The number of rotatable bonds is 3. The lowest BCUT2D eigenvalue weighted by atomic mass is 9.95. The number of thiocarbonyl (C=S) groups is 1. The minimum Gasteiger partial charge on any atom is -0.392 e. The fourth-order valence-corrected chi connectivity index (χ4v) is 3.77. The quantitative estimate of drug-likeness (QED) is 0.824. The maximum absolute atomic E-state index is 12.4. The predicted octanol–water partition coefficient (Wildman–Crippen LogP) is 2.47. The van der Waals surface area contributed by atoms with Gasteiger partial charge >= 0.3 is 0 Å². The molecule has 1 aliphatic rings. The molecule has 1 saturated heterocycles. The maximum atomic E-state index is 12.4. The van der Waals surface area contributed by atoms with Crippen molar-refractivity contribution < 1.29 is 4.79 Å². The topological polar surface area (TPSA) is 59.2 Å². The van der Waals surface area contributed by atoms with E-state index in [0.29, 0.717) is 23.8 Å². The molecular formula is C13H16BrN3OS2. The smallest absolute Gasteiger partial charge is 0.272 e. The molecule has 20 heavy (non-hydrogen) atoms. The van der Waals surface area contributed by atoms with E-state index in [0.717, 1.165) is 17.3 Å². The summed E-state index contributed by atoms with van der Waals surface area (Å²) in [6, 6.07) is 3.56. The van der Waals surface area contributed by atoms with E-state index in [9.17, 15) is 4.79 Å². The third-order valence-electron chi connectivity index (χ3n) is 3.64. The van der Waals surface area contributed by atoms with Crippen LogP contribution in [0.15, 0.2) is 22.8 Å². The van der Waals surface area contributed by atoms with Gasteiger partial charge in [0.05, 0.1) is 9.74 Å². The van der Waals surface area contributed by atoms with Crippen LogP contribution in [0.25, 0.3) is 0 Å². The van der Waals surface area contributed by atoms with Gasteiger partial charge in [-0.3, -0.25) is 4.79 Å². The molecule has 1 fully saturated rings. The molecule has 7 heteroatoms. The molecule has 0 saturated carbocycles. The highest BCUT2D eigenvalue weighted by Crippen LogP contribution is 2.35. The zero-order valence-corrected chi connectivity index (χ0v) is 14.4. The number of hydrogen-bond donors (Lipinski definition) is 1. The van der Waals surface area contributed by atoms with Crippen molar-refractivity contribution >= 4 is 50.8 Å². The van der Waals surface area contributed by atoms with Gasteiger partial charge in [0, 0.05) is 23.8 Å². The molecule has 1 aromatic rings. The normalized spacial score (nSPS) is 17.8. The van der Waals surface area contributed by atoms with Crippen molar-refractivity contribution in [1.29, 1.82) is 0 Å². The Labute approximate surface area is 136 Å². The molecule has 0 atom stereocenters. The van der Waals surface area contributed by atoms with Crippen molar-refractivity contribution in [3.05, 3.63) is 28.5 Å². The van der Waals surface area contributed by atoms with Gasteiger partial charge in [-0.15, -0.1) is 0 Å². The Kier molecular flexibility index (Phi) is 5.04. The summed E-state index contributed by atoms with van der Waals surface area (Å²) in [7, 11) is 0. The lowest BCUT2D eigenvalue weighted by molar-refractivity contribution is 0.0713. The molecule has 2 N–H and O–H groups in total. The summed E-state index contributed by atoms with van der Waals surface area (Å²) in [6.07, 6.45) is 5.25. The van der Waals surface area contributed by atoms with Crippen molar-refractivity contribution in [2.24, 2.45) is 5.73 Å². The number of carbonyl (C=O) groups is 1. The second-order valence-corrected chi connectivity index (χ2v) is 7.26. The van der Waals surface area contributed by atoms with Crippen LogP contribution in [0.2, 0.25) is 0 Å². The van der Waals surface area contributed by atoms with E-state index >= 15 is 0 Å². The van der Waals surface area contributed by atoms with E-state index < -0.39 is 0 Å². The highest BCUT2D eigenvalue weighted by Gasteiger charge is 2.38. The Balaban J connectivity index is 2.05. The molecule has 0 radical (unpaired) electrons. The zero-order valence-electron chi connectivity index (χ0n) is 11.1. The van der Waals surface area contributed by atoms with Crippen LogP contribution < -0.4 is 5.73 Å². The molecule has 4 nitrogen and oxygen atoms in total. The number of nitrogens with two attached hydrogens (primary N) is 1. The maximum Gasteiger partial charge on any atom is 0.272 e. The summed E-state index contributed by atoms with van der Waals surface area (Å²) in [5, 5.41) is 0. The molecular weight excluding hydrogens is 358 g/mol. The molecule has 0 aliphatic carbocycles. The van der Waals surface area contributed by atoms with Crippen molar-refractivity contribution in [1.82, 2.24) is 9.88 Å². The zero-order chi connectivity index (χ0) is 14.8. The Morgan fingerprint density at radius 2 is 2.15 bits per heavy atom. The Hall–Kier alpha value is -0.660. The second kappa shape index (κ2) is 6.41. The largest absolute Gasteiger partial charge is 0.392 e. The molecule has 0 aromatic carbocycles. The SMILES string of the molecule is CSC1(C(N)=S)CCN(C(=O)c2ccc(Br)cn2)CC1. The Bertz CT molecular complexity index is 513. The van der Waals surface area contributed by atoms with E-state index in [2.05, 4.69) is 20.9 Å². The molecule has 0 unspecified atom stereocenters. The first-order chi connectivity index (χ1) is 9.48. The number of piperidine rings is 1. The number of thioether (sulfide) groups is 1. The third-order valence-corrected chi connectivity index (χ3v) is 6.04. The van der Waals surface area contributed by atoms with Crippen molar-refractivity contribution in [2.45, 2.75) is 17.6 Å². The minimum absolute atomic E-state index is 0.0323. The van der Waals surface area contributed by atoms with Gasteiger partial charge in [0.2, 0.25) is 0 Å². The number of carbonyl (C=O) groups excluding carboxylic acids is 1. The fourth-order valence-electron chi connectivity index (χ4n) is 2.29. The van der Waals surface area contributed by atoms with Crippen LogP contribution in [0.3, 0.4) is 0 Å². The first-order valence-electron chi connectivity index (χ1n) is 6.24. The summed E-state index contributed by atoms with van der Waals surface area (Å²) < 4.78 is 0.696. The summed E-state index contributed by atoms with van der Waals surface area (Å²) in [5.74, 6) is -0.0323. The van der Waals surface area contributed by atoms with Gasteiger partial charge in [0.1, 0.15) is 5.69 Å². The van der Waals surface area contributed by atoms with E-state index in [-0.39, 0.29) is 10.7 Å². The van der Waals surface area contributed by atoms with Gasteiger partial charge < -0.3 is 10.6 Å². The number of aromatic nitrogens is 1. The van der Waals surface area contributed by atoms with Gasteiger partial charge in [0.25, 0.3) is 5.91 Å².